The molecule has 0 saturated heterocycles. The molecule has 182 valence electrons. The van der Waals surface area contributed by atoms with E-state index in [2.05, 4.69) is 28.1 Å². The standard InChI is InChI=1S/C28H29Cl2N3O2/c29-22-12-10-21(11-13-22)28(34)31-18-5-1-2-9-27-32-25-7-3-4-8-26(25)33(27)19-6-20-35-24-16-14-23(30)15-17-24/h3-4,7-8,10-17H,1-2,5-6,9,18-20H2,(H,31,34). The first kappa shape index (κ1) is 25.1. The van der Waals surface area contributed by atoms with Gasteiger partial charge in [0, 0.05) is 35.1 Å². The molecule has 0 bridgehead atoms. The monoisotopic (exact) mass is 509 g/mol. The van der Waals surface area contributed by atoms with Crippen molar-refractivity contribution in [1.29, 1.82) is 0 Å². The summed E-state index contributed by atoms with van der Waals surface area (Å²) in [6.45, 7) is 2.13. The fourth-order valence-electron chi connectivity index (χ4n) is 4.00. The lowest BCUT2D eigenvalue weighted by Gasteiger charge is -2.11. The summed E-state index contributed by atoms with van der Waals surface area (Å²) in [4.78, 5) is 17.1. The van der Waals surface area contributed by atoms with Crippen molar-refractivity contribution in [3.8, 4) is 5.75 Å². The van der Waals surface area contributed by atoms with Gasteiger partial charge in [0.25, 0.3) is 5.91 Å². The highest BCUT2D eigenvalue weighted by Crippen LogP contribution is 2.19. The number of ether oxygens (including phenoxy) is 1. The van der Waals surface area contributed by atoms with Crippen molar-refractivity contribution in [2.75, 3.05) is 13.2 Å². The van der Waals surface area contributed by atoms with Crippen LogP contribution in [0.25, 0.3) is 11.0 Å². The summed E-state index contributed by atoms with van der Waals surface area (Å²) in [5, 5.41) is 4.31. The number of carbonyl (C=O) groups excluding carboxylic acids is 1. The largest absolute Gasteiger partial charge is 0.494 e. The molecule has 4 aromatic rings. The Labute approximate surface area is 216 Å². The maximum absolute atomic E-state index is 12.2. The minimum Gasteiger partial charge on any atom is -0.494 e. The summed E-state index contributed by atoms with van der Waals surface area (Å²) in [7, 11) is 0. The van der Waals surface area contributed by atoms with Crippen molar-refractivity contribution in [3.05, 3.63) is 94.2 Å². The molecular formula is C28H29Cl2N3O2. The third-order valence-electron chi connectivity index (χ3n) is 5.81. The molecule has 1 heterocycles. The van der Waals surface area contributed by atoms with Crippen LogP contribution in [0.5, 0.6) is 5.75 Å². The van der Waals surface area contributed by atoms with Gasteiger partial charge in [0.2, 0.25) is 0 Å². The third-order valence-corrected chi connectivity index (χ3v) is 6.32. The fraction of sp³-hybridized carbons (Fsp3) is 0.286. The van der Waals surface area contributed by atoms with E-state index in [1.54, 1.807) is 24.3 Å². The fourth-order valence-corrected chi connectivity index (χ4v) is 4.25. The zero-order chi connectivity index (χ0) is 24.5. The van der Waals surface area contributed by atoms with Crippen LogP contribution in [0.3, 0.4) is 0 Å². The quantitative estimate of drug-likeness (QED) is 0.210. The van der Waals surface area contributed by atoms with E-state index in [1.165, 1.54) is 0 Å². The molecular weight excluding hydrogens is 481 g/mol. The number of para-hydroxylation sites is 2. The van der Waals surface area contributed by atoms with Gasteiger partial charge < -0.3 is 14.6 Å². The molecule has 1 aromatic heterocycles. The van der Waals surface area contributed by atoms with Crippen LogP contribution in [-0.2, 0) is 13.0 Å². The number of hydrogen-bond acceptors (Lipinski definition) is 3. The van der Waals surface area contributed by atoms with Gasteiger partial charge in [0.05, 0.1) is 17.6 Å². The first-order valence-electron chi connectivity index (χ1n) is 12.0. The highest BCUT2D eigenvalue weighted by Gasteiger charge is 2.10. The molecule has 0 saturated carbocycles. The lowest BCUT2D eigenvalue weighted by molar-refractivity contribution is 0.0953. The molecule has 0 unspecified atom stereocenters. The van der Waals surface area contributed by atoms with Gasteiger partial charge in [-0.2, -0.15) is 0 Å². The number of imidazole rings is 1. The Hall–Kier alpha value is -3.02. The molecule has 0 fully saturated rings. The Morgan fingerprint density at radius 3 is 2.34 bits per heavy atom. The molecule has 1 N–H and O–H groups in total. The minimum absolute atomic E-state index is 0.0655. The van der Waals surface area contributed by atoms with Crippen molar-refractivity contribution in [1.82, 2.24) is 14.9 Å². The van der Waals surface area contributed by atoms with Crippen LogP contribution in [0, 0.1) is 0 Å². The molecule has 1 amide bonds. The SMILES string of the molecule is O=C(NCCCCCc1nc2ccccc2n1CCCOc1ccc(Cl)cc1)c1ccc(Cl)cc1. The summed E-state index contributed by atoms with van der Waals surface area (Å²) in [5.74, 6) is 1.86. The number of rotatable bonds is 12. The molecule has 7 heteroatoms. The van der Waals surface area contributed by atoms with Crippen molar-refractivity contribution >= 4 is 40.1 Å². The topological polar surface area (TPSA) is 56.2 Å². The van der Waals surface area contributed by atoms with Gasteiger partial charge in [-0.15, -0.1) is 0 Å². The molecule has 4 rings (SSSR count). The van der Waals surface area contributed by atoms with Crippen LogP contribution >= 0.6 is 23.2 Å². The maximum Gasteiger partial charge on any atom is 0.251 e. The Balaban J connectivity index is 1.23. The van der Waals surface area contributed by atoms with E-state index < -0.39 is 0 Å². The number of hydrogen-bond donors (Lipinski definition) is 1. The van der Waals surface area contributed by atoms with Gasteiger partial charge in [-0.05, 0) is 79.9 Å². The lowest BCUT2D eigenvalue weighted by atomic mass is 10.1. The van der Waals surface area contributed by atoms with Crippen LogP contribution in [0.1, 0.15) is 41.9 Å². The lowest BCUT2D eigenvalue weighted by Crippen LogP contribution is -2.24. The van der Waals surface area contributed by atoms with Crippen molar-refractivity contribution < 1.29 is 9.53 Å². The number of nitrogens with one attached hydrogen (secondary N) is 1. The third kappa shape index (κ3) is 7.23. The van der Waals surface area contributed by atoms with E-state index in [0.717, 1.165) is 61.3 Å². The average Bonchev–Trinajstić information content (AvgIpc) is 3.22. The number of benzene rings is 3. The zero-order valence-corrected chi connectivity index (χ0v) is 21.1. The number of fused-ring (bicyclic) bond motifs is 1. The van der Waals surface area contributed by atoms with Crippen LogP contribution in [-0.4, -0.2) is 28.6 Å². The second-order valence-electron chi connectivity index (χ2n) is 8.40. The van der Waals surface area contributed by atoms with Gasteiger partial charge in [-0.3, -0.25) is 4.79 Å². The Kier molecular flexibility index (Phi) is 9.04. The number of aryl methyl sites for hydroxylation is 2. The molecule has 3 aromatic carbocycles. The van der Waals surface area contributed by atoms with E-state index in [-0.39, 0.29) is 5.91 Å². The van der Waals surface area contributed by atoms with Crippen LogP contribution in [0.4, 0.5) is 0 Å². The molecule has 5 nitrogen and oxygen atoms in total. The van der Waals surface area contributed by atoms with Crippen LogP contribution < -0.4 is 10.1 Å². The maximum atomic E-state index is 12.2. The number of carbonyl (C=O) groups is 1. The second-order valence-corrected chi connectivity index (χ2v) is 9.27. The molecule has 0 aliphatic carbocycles. The van der Waals surface area contributed by atoms with Crippen molar-refractivity contribution in [2.24, 2.45) is 0 Å². The Bertz CT molecular complexity index is 1240. The first-order chi connectivity index (χ1) is 17.1. The normalized spacial score (nSPS) is 11.0. The molecule has 0 spiro atoms. The molecule has 0 radical (unpaired) electrons. The van der Waals surface area contributed by atoms with Gasteiger partial charge in [-0.1, -0.05) is 41.8 Å². The van der Waals surface area contributed by atoms with Gasteiger partial charge in [0.1, 0.15) is 11.6 Å². The number of unbranched alkanes of at least 4 members (excludes halogenated alkanes) is 2. The number of amides is 1. The Morgan fingerprint density at radius 1 is 0.857 bits per heavy atom. The Morgan fingerprint density at radius 2 is 1.57 bits per heavy atom. The van der Waals surface area contributed by atoms with Crippen LogP contribution in [0.2, 0.25) is 10.0 Å². The average molecular weight is 510 g/mol. The molecule has 0 atom stereocenters. The van der Waals surface area contributed by atoms with Gasteiger partial charge >= 0.3 is 0 Å². The predicted octanol–water partition coefficient (Wildman–Crippen LogP) is 6.96. The second kappa shape index (κ2) is 12.6. The van der Waals surface area contributed by atoms with E-state index in [1.807, 2.05) is 30.3 Å². The summed E-state index contributed by atoms with van der Waals surface area (Å²) >= 11 is 11.8. The summed E-state index contributed by atoms with van der Waals surface area (Å²) in [6.07, 6.45) is 4.74. The highest BCUT2D eigenvalue weighted by atomic mass is 35.5. The first-order valence-corrected chi connectivity index (χ1v) is 12.7. The summed E-state index contributed by atoms with van der Waals surface area (Å²) in [6, 6.07) is 22.6. The molecule has 35 heavy (non-hydrogen) atoms. The summed E-state index contributed by atoms with van der Waals surface area (Å²) < 4.78 is 8.17. The molecule has 0 aliphatic rings. The predicted molar refractivity (Wildman–Crippen MR) is 143 cm³/mol. The highest BCUT2D eigenvalue weighted by molar-refractivity contribution is 6.30. The van der Waals surface area contributed by atoms with E-state index in [4.69, 9.17) is 32.9 Å². The number of halogens is 2. The zero-order valence-electron chi connectivity index (χ0n) is 19.6. The molecule has 0 aliphatic heterocycles. The van der Waals surface area contributed by atoms with Crippen LogP contribution in [0.15, 0.2) is 72.8 Å². The van der Waals surface area contributed by atoms with E-state index in [0.29, 0.717) is 28.8 Å². The number of nitrogens with zero attached hydrogens (tertiary/aromatic N) is 2. The number of aromatic nitrogens is 2. The van der Waals surface area contributed by atoms with Gasteiger partial charge in [0.15, 0.2) is 0 Å². The summed E-state index contributed by atoms with van der Waals surface area (Å²) in [5.41, 5.74) is 2.81. The van der Waals surface area contributed by atoms with Crippen molar-refractivity contribution in [2.45, 2.75) is 38.6 Å². The smallest absolute Gasteiger partial charge is 0.251 e. The van der Waals surface area contributed by atoms with E-state index >= 15 is 0 Å². The van der Waals surface area contributed by atoms with E-state index in [9.17, 15) is 4.79 Å². The van der Waals surface area contributed by atoms with Gasteiger partial charge in [-0.25, -0.2) is 4.98 Å². The van der Waals surface area contributed by atoms with Crippen molar-refractivity contribution in [3.63, 3.8) is 0 Å². The minimum atomic E-state index is -0.0655.